The minimum atomic E-state index is -1.20. The van der Waals surface area contributed by atoms with Gasteiger partial charge in [0, 0.05) is 24.3 Å². The first-order valence-electron chi connectivity index (χ1n) is 8.85. The molecule has 1 fully saturated rings. The highest BCUT2D eigenvalue weighted by Gasteiger charge is 2.17. The van der Waals surface area contributed by atoms with Gasteiger partial charge in [0.15, 0.2) is 5.69 Å². The minimum Gasteiger partial charge on any atom is -0.476 e. The van der Waals surface area contributed by atoms with E-state index in [1.54, 1.807) is 24.3 Å². The molecular formula is C18H21N5O4. The fourth-order valence-corrected chi connectivity index (χ4v) is 2.97. The zero-order valence-electron chi connectivity index (χ0n) is 14.8. The Morgan fingerprint density at radius 2 is 1.70 bits per heavy atom. The largest absolute Gasteiger partial charge is 0.476 e. The van der Waals surface area contributed by atoms with E-state index in [4.69, 9.17) is 5.11 Å². The van der Waals surface area contributed by atoms with Crippen LogP contribution in [0.15, 0.2) is 30.5 Å². The number of anilines is 1. The van der Waals surface area contributed by atoms with Gasteiger partial charge in [-0.25, -0.2) is 9.48 Å². The molecule has 1 aliphatic heterocycles. The molecule has 0 unspecified atom stereocenters. The standard InChI is InChI=1S/C18H21N5O4/c24-16(12-23-11-15(18(26)27)20-21-23)19-14-7-5-13(6-8-14)17(25)22-9-3-1-2-4-10-22/h5-8,11H,1-4,9-10,12H2,(H,19,24)(H,26,27). The minimum absolute atomic E-state index is 0.0126. The van der Waals surface area contributed by atoms with E-state index in [-0.39, 0.29) is 24.1 Å². The maximum atomic E-state index is 12.6. The molecule has 0 bridgehead atoms. The summed E-state index contributed by atoms with van der Waals surface area (Å²) in [5.41, 5.74) is 0.919. The molecule has 0 saturated carbocycles. The highest BCUT2D eigenvalue weighted by molar-refractivity contribution is 5.95. The van der Waals surface area contributed by atoms with Gasteiger partial charge in [0.05, 0.1) is 6.20 Å². The first-order chi connectivity index (χ1) is 13.0. The molecule has 2 heterocycles. The number of carbonyl (C=O) groups is 3. The second kappa shape index (κ2) is 8.43. The number of amides is 2. The van der Waals surface area contributed by atoms with Gasteiger partial charge in [-0.15, -0.1) is 5.10 Å². The van der Waals surface area contributed by atoms with E-state index in [2.05, 4.69) is 15.6 Å². The molecule has 2 aromatic rings. The van der Waals surface area contributed by atoms with Gasteiger partial charge < -0.3 is 15.3 Å². The van der Waals surface area contributed by atoms with Crippen LogP contribution < -0.4 is 5.32 Å². The highest BCUT2D eigenvalue weighted by Crippen LogP contribution is 2.15. The molecule has 9 heteroatoms. The number of carboxylic acids is 1. The summed E-state index contributed by atoms with van der Waals surface area (Å²) in [4.78, 5) is 37.2. The van der Waals surface area contributed by atoms with Gasteiger partial charge in [0.25, 0.3) is 5.91 Å². The maximum Gasteiger partial charge on any atom is 0.358 e. The molecule has 0 aliphatic carbocycles. The molecule has 142 valence electrons. The van der Waals surface area contributed by atoms with E-state index < -0.39 is 5.97 Å². The van der Waals surface area contributed by atoms with Crippen molar-refractivity contribution in [3.8, 4) is 0 Å². The summed E-state index contributed by atoms with van der Waals surface area (Å²) in [5.74, 6) is -1.56. The van der Waals surface area contributed by atoms with Crippen molar-refractivity contribution < 1.29 is 19.5 Å². The first-order valence-corrected chi connectivity index (χ1v) is 8.85. The molecule has 1 aromatic carbocycles. The SMILES string of the molecule is O=C(Cn1cc(C(=O)O)nn1)Nc1ccc(C(=O)N2CCCCCC2)cc1. The van der Waals surface area contributed by atoms with Crippen molar-refractivity contribution in [2.24, 2.45) is 0 Å². The van der Waals surface area contributed by atoms with Crippen molar-refractivity contribution in [1.82, 2.24) is 19.9 Å². The quantitative estimate of drug-likeness (QED) is 0.825. The Labute approximate surface area is 156 Å². The van der Waals surface area contributed by atoms with Crippen LogP contribution in [0.3, 0.4) is 0 Å². The van der Waals surface area contributed by atoms with E-state index in [0.717, 1.165) is 43.5 Å². The van der Waals surface area contributed by atoms with E-state index in [0.29, 0.717) is 11.3 Å². The van der Waals surface area contributed by atoms with Crippen molar-refractivity contribution >= 4 is 23.5 Å². The maximum absolute atomic E-state index is 12.6. The van der Waals surface area contributed by atoms with Crippen LogP contribution >= 0.6 is 0 Å². The lowest BCUT2D eigenvalue weighted by atomic mass is 10.1. The van der Waals surface area contributed by atoms with Crippen molar-refractivity contribution in [3.05, 3.63) is 41.7 Å². The fraction of sp³-hybridized carbons (Fsp3) is 0.389. The third-order valence-corrected chi connectivity index (χ3v) is 4.37. The summed E-state index contributed by atoms with van der Waals surface area (Å²) >= 11 is 0. The van der Waals surface area contributed by atoms with Gasteiger partial charge in [-0.05, 0) is 37.1 Å². The molecule has 2 amide bonds. The van der Waals surface area contributed by atoms with Gasteiger partial charge in [-0.2, -0.15) is 0 Å². The number of hydrogen-bond donors (Lipinski definition) is 2. The average Bonchev–Trinajstić information content (AvgIpc) is 2.95. The summed E-state index contributed by atoms with van der Waals surface area (Å²) in [7, 11) is 0. The van der Waals surface area contributed by atoms with Gasteiger partial charge in [0.2, 0.25) is 5.91 Å². The van der Waals surface area contributed by atoms with Crippen molar-refractivity contribution in [1.29, 1.82) is 0 Å². The van der Waals surface area contributed by atoms with E-state index in [9.17, 15) is 14.4 Å². The van der Waals surface area contributed by atoms with Crippen LogP contribution in [0.2, 0.25) is 0 Å². The predicted molar refractivity (Wildman–Crippen MR) is 96.4 cm³/mol. The Kier molecular flexibility index (Phi) is 5.80. The Hall–Kier alpha value is -3.23. The molecule has 1 saturated heterocycles. The lowest BCUT2D eigenvalue weighted by Crippen LogP contribution is -2.31. The number of likely N-dealkylation sites (tertiary alicyclic amines) is 1. The topological polar surface area (TPSA) is 117 Å². The number of carboxylic acid groups (broad SMARTS) is 1. The molecule has 3 rings (SSSR count). The third-order valence-electron chi connectivity index (χ3n) is 4.37. The number of hydrogen-bond acceptors (Lipinski definition) is 5. The van der Waals surface area contributed by atoms with E-state index in [1.807, 2.05) is 4.90 Å². The molecule has 0 atom stereocenters. The monoisotopic (exact) mass is 371 g/mol. The Morgan fingerprint density at radius 3 is 2.30 bits per heavy atom. The molecular weight excluding hydrogens is 350 g/mol. The molecule has 1 aliphatic rings. The third kappa shape index (κ3) is 4.90. The molecule has 1 aromatic heterocycles. The zero-order valence-corrected chi connectivity index (χ0v) is 14.8. The highest BCUT2D eigenvalue weighted by atomic mass is 16.4. The second-order valence-corrected chi connectivity index (χ2v) is 6.44. The van der Waals surface area contributed by atoms with Crippen LogP contribution in [0.1, 0.15) is 46.5 Å². The zero-order chi connectivity index (χ0) is 19.2. The fourth-order valence-electron chi connectivity index (χ4n) is 2.97. The number of carbonyl (C=O) groups excluding carboxylic acids is 2. The molecule has 2 N–H and O–H groups in total. The van der Waals surface area contributed by atoms with Crippen LogP contribution in [0, 0.1) is 0 Å². The number of nitrogens with one attached hydrogen (secondary N) is 1. The van der Waals surface area contributed by atoms with E-state index >= 15 is 0 Å². The van der Waals surface area contributed by atoms with E-state index in [1.165, 1.54) is 6.20 Å². The number of aromatic nitrogens is 3. The van der Waals surface area contributed by atoms with Gasteiger partial charge in [0.1, 0.15) is 6.54 Å². The van der Waals surface area contributed by atoms with Crippen LogP contribution in [-0.4, -0.2) is 55.9 Å². The Bertz CT molecular complexity index is 823. The summed E-state index contributed by atoms with van der Waals surface area (Å²) in [5, 5.41) is 18.5. The normalized spacial score (nSPS) is 14.4. The summed E-state index contributed by atoms with van der Waals surface area (Å²) < 4.78 is 1.15. The number of aromatic carboxylic acids is 1. The molecule has 0 radical (unpaired) electrons. The van der Waals surface area contributed by atoms with Crippen LogP contribution in [0.4, 0.5) is 5.69 Å². The first kappa shape index (κ1) is 18.6. The van der Waals surface area contributed by atoms with Gasteiger partial charge in [-0.3, -0.25) is 9.59 Å². The van der Waals surface area contributed by atoms with Gasteiger partial charge in [-0.1, -0.05) is 18.1 Å². The number of benzene rings is 1. The summed E-state index contributed by atoms with van der Waals surface area (Å²) in [6.07, 6.45) is 5.57. The lowest BCUT2D eigenvalue weighted by Gasteiger charge is -2.20. The molecule has 0 spiro atoms. The van der Waals surface area contributed by atoms with Crippen LogP contribution in [-0.2, 0) is 11.3 Å². The number of nitrogens with zero attached hydrogens (tertiary/aromatic N) is 4. The summed E-state index contributed by atoms with van der Waals surface area (Å²) in [6.45, 7) is 1.41. The van der Waals surface area contributed by atoms with Crippen molar-refractivity contribution in [3.63, 3.8) is 0 Å². The molecule has 9 nitrogen and oxygen atoms in total. The van der Waals surface area contributed by atoms with Gasteiger partial charge >= 0.3 is 5.97 Å². The average molecular weight is 371 g/mol. The lowest BCUT2D eigenvalue weighted by molar-refractivity contribution is -0.116. The van der Waals surface area contributed by atoms with Crippen molar-refractivity contribution in [2.75, 3.05) is 18.4 Å². The second-order valence-electron chi connectivity index (χ2n) is 6.44. The van der Waals surface area contributed by atoms with Crippen LogP contribution in [0.5, 0.6) is 0 Å². The number of rotatable bonds is 5. The van der Waals surface area contributed by atoms with Crippen molar-refractivity contribution in [2.45, 2.75) is 32.2 Å². The van der Waals surface area contributed by atoms with Crippen LogP contribution in [0.25, 0.3) is 0 Å². The summed E-state index contributed by atoms with van der Waals surface area (Å²) in [6, 6.07) is 6.74. The molecule has 27 heavy (non-hydrogen) atoms. The Morgan fingerprint density at radius 1 is 1.04 bits per heavy atom. The predicted octanol–water partition coefficient (Wildman–Crippen LogP) is 1.63. The Balaban J connectivity index is 1.57. The smallest absolute Gasteiger partial charge is 0.358 e.